The number of nitrogens with one attached hydrogen (secondary N) is 2. The van der Waals surface area contributed by atoms with Crippen molar-refractivity contribution >= 4 is 34.9 Å². The van der Waals surface area contributed by atoms with Crippen molar-refractivity contribution < 1.29 is 0 Å². The summed E-state index contributed by atoms with van der Waals surface area (Å²) in [6.45, 7) is 1.09. The van der Waals surface area contributed by atoms with Gasteiger partial charge in [-0.3, -0.25) is 0 Å². The van der Waals surface area contributed by atoms with Crippen LogP contribution in [-0.4, -0.2) is 11.5 Å². The number of H-pyrrole nitrogens is 1. The molecule has 2 heterocycles. The van der Waals surface area contributed by atoms with E-state index in [0.717, 1.165) is 23.9 Å². The summed E-state index contributed by atoms with van der Waals surface area (Å²) < 4.78 is 0. The van der Waals surface area contributed by atoms with Gasteiger partial charge in [0.25, 0.3) is 0 Å². The van der Waals surface area contributed by atoms with Crippen molar-refractivity contribution in [1.82, 2.24) is 10.3 Å². The molecule has 0 bridgehead atoms. The fourth-order valence-corrected chi connectivity index (χ4v) is 4.27. The fraction of sp³-hybridized carbons (Fsp3) is 0.529. The molecule has 1 aliphatic carbocycles. The Morgan fingerprint density at radius 3 is 2.71 bits per heavy atom. The van der Waals surface area contributed by atoms with Crippen molar-refractivity contribution in [3.05, 3.63) is 34.5 Å². The minimum Gasteiger partial charge on any atom is -0.357 e. The number of benzene rings is 1. The number of aromatic nitrogens is 1. The average molecular weight is 325 g/mol. The molecule has 1 aromatic heterocycles. The minimum atomic E-state index is 0. The number of halogens is 2. The summed E-state index contributed by atoms with van der Waals surface area (Å²) in [6, 6.07) is 6.74. The molecule has 2 aliphatic rings. The Labute approximate surface area is 137 Å². The van der Waals surface area contributed by atoms with Gasteiger partial charge in [0.1, 0.15) is 0 Å². The summed E-state index contributed by atoms with van der Waals surface area (Å²) >= 11 is 6.17. The van der Waals surface area contributed by atoms with E-state index in [1.165, 1.54) is 54.3 Å². The molecule has 0 saturated heterocycles. The average Bonchev–Trinajstić information content (AvgIpc) is 2.86. The summed E-state index contributed by atoms with van der Waals surface area (Å²) in [4.78, 5) is 3.67. The lowest BCUT2D eigenvalue weighted by atomic mass is 9.80. The van der Waals surface area contributed by atoms with Gasteiger partial charge in [0.2, 0.25) is 0 Å². The summed E-state index contributed by atoms with van der Waals surface area (Å²) in [5.74, 6) is 0.798. The van der Waals surface area contributed by atoms with E-state index in [1.54, 1.807) is 0 Å². The van der Waals surface area contributed by atoms with E-state index >= 15 is 0 Å². The Bertz CT molecular complexity index is 629. The van der Waals surface area contributed by atoms with Crippen LogP contribution < -0.4 is 5.32 Å². The van der Waals surface area contributed by atoms with E-state index in [0.29, 0.717) is 6.04 Å². The van der Waals surface area contributed by atoms with Gasteiger partial charge < -0.3 is 10.3 Å². The molecule has 2 nitrogen and oxygen atoms in total. The Morgan fingerprint density at radius 2 is 1.90 bits per heavy atom. The molecule has 2 N–H and O–H groups in total. The first-order valence-electron chi connectivity index (χ1n) is 7.86. The third-order valence-corrected chi connectivity index (χ3v) is 5.31. The van der Waals surface area contributed by atoms with E-state index in [4.69, 9.17) is 11.6 Å². The van der Waals surface area contributed by atoms with E-state index < -0.39 is 0 Å². The molecule has 1 aromatic carbocycles. The van der Waals surface area contributed by atoms with Gasteiger partial charge in [0.05, 0.1) is 6.04 Å². The van der Waals surface area contributed by atoms with Crippen LogP contribution in [0.2, 0.25) is 5.02 Å². The zero-order valence-corrected chi connectivity index (χ0v) is 13.7. The first kappa shape index (κ1) is 15.2. The van der Waals surface area contributed by atoms with Crippen LogP contribution in [0.15, 0.2) is 18.2 Å². The smallest absolute Gasteiger partial charge is 0.0504 e. The summed E-state index contributed by atoms with van der Waals surface area (Å²) in [7, 11) is 0. The van der Waals surface area contributed by atoms with Crippen LogP contribution in [0.4, 0.5) is 0 Å². The van der Waals surface area contributed by atoms with Crippen LogP contribution in [-0.2, 0) is 6.42 Å². The zero-order chi connectivity index (χ0) is 13.5. The first-order valence-corrected chi connectivity index (χ1v) is 8.24. The Balaban J connectivity index is 0.00000132. The van der Waals surface area contributed by atoms with Gasteiger partial charge >= 0.3 is 0 Å². The van der Waals surface area contributed by atoms with Crippen molar-refractivity contribution in [3.8, 4) is 0 Å². The van der Waals surface area contributed by atoms with Crippen LogP contribution >= 0.6 is 24.0 Å². The molecule has 0 amide bonds. The highest BCUT2D eigenvalue weighted by molar-refractivity contribution is 6.31. The molecule has 1 unspecified atom stereocenters. The van der Waals surface area contributed by atoms with Crippen LogP contribution in [0.3, 0.4) is 0 Å². The van der Waals surface area contributed by atoms with E-state index in [-0.39, 0.29) is 12.4 Å². The summed E-state index contributed by atoms with van der Waals surface area (Å²) in [5, 5.41) is 5.92. The van der Waals surface area contributed by atoms with Gasteiger partial charge in [0.15, 0.2) is 0 Å². The van der Waals surface area contributed by atoms with Crippen LogP contribution in [0.1, 0.15) is 49.4 Å². The third-order valence-electron chi connectivity index (χ3n) is 5.07. The molecule has 4 heteroatoms. The maximum Gasteiger partial charge on any atom is 0.0504 e. The molecule has 1 fully saturated rings. The van der Waals surface area contributed by atoms with Crippen molar-refractivity contribution in [3.63, 3.8) is 0 Å². The molecule has 2 aromatic rings. The summed E-state index contributed by atoms with van der Waals surface area (Å²) in [5.41, 5.74) is 4.17. The molecular weight excluding hydrogens is 303 g/mol. The van der Waals surface area contributed by atoms with Gasteiger partial charge in [-0.2, -0.15) is 0 Å². The fourth-order valence-electron chi connectivity index (χ4n) is 4.10. The van der Waals surface area contributed by atoms with Gasteiger partial charge in [-0.05, 0) is 55.5 Å². The molecular formula is C17H22Cl2N2. The summed E-state index contributed by atoms with van der Waals surface area (Å²) in [6.07, 6.45) is 8.05. The van der Waals surface area contributed by atoms with Gasteiger partial charge in [0, 0.05) is 21.6 Å². The van der Waals surface area contributed by atoms with Crippen molar-refractivity contribution in [1.29, 1.82) is 0 Å². The highest BCUT2D eigenvalue weighted by Gasteiger charge is 2.31. The minimum absolute atomic E-state index is 0. The van der Waals surface area contributed by atoms with Gasteiger partial charge in [-0.1, -0.05) is 30.9 Å². The highest BCUT2D eigenvalue weighted by atomic mass is 35.5. The van der Waals surface area contributed by atoms with E-state index in [2.05, 4.69) is 22.4 Å². The van der Waals surface area contributed by atoms with E-state index in [9.17, 15) is 0 Å². The molecule has 0 spiro atoms. The molecule has 1 aliphatic heterocycles. The Kier molecular flexibility index (Phi) is 4.49. The monoisotopic (exact) mass is 324 g/mol. The molecule has 4 rings (SSSR count). The lowest BCUT2D eigenvalue weighted by molar-refractivity contribution is 0.262. The van der Waals surface area contributed by atoms with Crippen LogP contribution in [0.5, 0.6) is 0 Å². The first-order chi connectivity index (χ1) is 9.83. The molecule has 21 heavy (non-hydrogen) atoms. The highest BCUT2D eigenvalue weighted by Crippen LogP contribution is 2.39. The van der Waals surface area contributed by atoms with Crippen LogP contribution in [0.25, 0.3) is 10.9 Å². The number of aromatic amines is 1. The molecule has 114 valence electrons. The normalized spacial score (nSPS) is 22.8. The number of hydrogen-bond acceptors (Lipinski definition) is 1. The maximum atomic E-state index is 6.17. The zero-order valence-electron chi connectivity index (χ0n) is 12.1. The lowest BCUT2D eigenvalue weighted by Gasteiger charge is -2.34. The predicted molar refractivity (Wildman–Crippen MR) is 91.6 cm³/mol. The Morgan fingerprint density at radius 1 is 1.10 bits per heavy atom. The van der Waals surface area contributed by atoms with Crippen molar-refractivity contribution in [2.45, 2.75) is 44.6 Å². The molecule has 1 atom stereocenters. The maximum absolute atomic E-state index is 6.17. The second-order valence-corrected chi connectivity index (χ2v) is 6.72. The second-order valence-electron chi connectivity index (χ2n) is 6.29. The SMILES string of the molecule is Cl.Clc1ccc2[nH]c3c(c2c1)CCNC3C1CCCCC1. The number of fused-ring (bicyclic) bond motifs is 3. The van der Waals surface area contributed by atoms with E-state index in [1.807, 2.05) is 6.07 Å². The van der Waals surface area contributed by atoms with Crippen molar-refractivity contribution in [2.24, 2.45) is 5.92 Å². The number of hydrogen-bond donors (Lipinski definition) is 2. The predicted octanol–water partition coefficient (Wildman–Crippen LogP) is 5.01. The second kappa shape index (κ2) is 6.20. The van der Waals surface area contributed by atoms with Gasteiger partial charge in [-0.15, -0.1) is 12.4 Å². The lowest BCUT2D eigenvalue weighted by Crippen LogP contribution is -2.35. The molecule has 0 radical (unpaired) electrons. The van der Waals surface area contributed by atoms with Crippen LogP contribution in [0, 0.1) is 5.92 Å². The largest absolute Gasteiger partial charge is 0.357 e. The van der Waals surface area contributed by atoms with Gasteiger partial charge in [-0.25, -0.2) is 0 Å². The Hall–Kier alpha value is -0.700. The topological polar surface area (TPSA) is 27.8 Å². The molecule has 1 saturated carbocycles. The standard InChI is InChI=1S/C17H21ClN2.ClH/c18-12-6-7-15-14(10-12)13-8-9-19-16(17(13)20-15)11-4-2-1-3-5-11;/h6-7,10-11,16,19-20H,1-5,8-9H2;1H. The quantitative estimate of drug-likeness (QED) is 0.758. The number of rotatable bonds is 1. The third kappa shape index (κ3) is 2.69. The van der Waals surface area contributed by atoms with Crippen molar-refractivity contribution in [2.75, 3.05) is 6.54 Å².